The molecule has 0 aromatic heterocycles. The van der Waals surface area contributed by atoms with Crippen molar-refractivity contribution in [1.29, 1.82) is 0 Å². The second-order valence-electron chi connectivity index (χ2n) is 7.73. The lowest BCUT2D eigenvalue weighted by molar-refractivity contribution is 0.0283. The lowest BCUT2D eigenvalue weighted by Crippen LogP contribution is -2.45. The van der Waals surface area contributed by atoms with Gasteiger partial charge >= 0.3 is 0 Å². The summed E-state index contributed by atoms with van der Waals surface area (Å²) in [4.78, 5) is 7.31. The maximum atomic E-state index is 5.82. The van der Waals surface area contributed by atoms with E-state index in [0.717, 1.165) is 63.4 Å². The van der Waals surface area contributed by atoms with E-state index in [1.54, 1.807) is 0 Å². The van der Waals surface area contributed by atoms with E-state index < -0.39 is 0 Å². The van der Waals surface area contributed by atoms with Gasteiger partial charge in [0.1, 0.15) is 0 Å². The van der Waals surface area contributed by atoms with Gasteiger partial charge in [0, 0.05) is 39.3 Å². The third kappa shape index (κ3) is 6.30. The molecule has 0 aromatic rings. The molecule has 0 aliphatic carbocycles. The molecule has 2 rings (SSSR count). The minimum Gasteiger partial charge on any atom is -0.373 e. The molecule has 5 heteroatoms. The second-order valence-corrected chi connectivity index (χ2v) is 7.73. The zero-order valence-electron chi connectivity index (χ0n) is 15.5. The lowest BCUT2D eigenvalue weighted by Gasteiger charge is -2.35. The van der Waals surface area contributed by atoms with Crippen LogP contribution in [0.1, 0.15) is 47.0 Å². The molecule has 2 aliphatic rings. The van der Waals surface area contributed by atoms with Crippen molar-refractivity contribution in [3.63, 3.8) is 0 Å². The summed E-state index contributed by atoms with van der Waals surface area (Å²) < 4.78 is 5.82. The summed E-state index contributed by atoms with van der Waals surface area (Å²) >= 11 is 0. The van der Waals surface area contributed by atoms with Crippen LogP contribution in [0.4, 0.5) is 0 Å². The van der Waals surface area contributed by atoms with Crippen molar-refractivity contribution in [3.8, 4) is 0 Å². The van der Waals surface area contributed by atoms with Crippen molar-refractivity contribution in [2.24, 2.45) is 16.8 Å². The first-order valence-electron chi connectivity index (χ1n) is 9.39. The zero-order valence-corrected chi connectivity index (χ0v) is 15.5. The first kappa shape index (κ1) is 18.5. The fourth-order valence-electron chi connectivity index (χ4n) is 3.86. The van der Waals surface area contributed by atoms with E-state index in [9.17, 15) is 0 Å². The molecule has 2 N–H and O–H groups in total. The van der Waals surface area contributed by atoms with Gasteiger partial charge in [-0.05, 0) is 44.9 Å². The Bertz CT molecular complexity index is 369. The molecule has 2 aliphatic heterocycles. The van der Waals surface area contributed by atoms with Crippen molar-refractivity contribution in [1.82, 2.24) is 15.5 Å². The molecular formula is C18H36N4O. The maximum absolute atomic E-state index is 5.82. The van der Waals surface area contributed by atoms with Gasteiger partial charge in [-0.15, -0.1) is 0 Å². The number of nitrogens with zero attached hydrogens (tertiary/aromatic N) is 2. The number of rotatable bonds is 6. The van der Waals surface area contributed by atoms with Gasteiger partial charge < -0.3 is 20.3 Å². The van der Waals surface area contributed by atoms with Crippen molar-refractivity contribution in [2.45, 2.75) is 52.6 Å². The molecule has 2 heterocycles. The number of ether oxygens (including phenoxy) is 1. The Balaban J connectivity index is 1.75. The van der Waals surface area contributed by atoms with Crippen LogP contribution in [0.3, 0.4) is 0 Å². The standard InChI is InChI=1S/C18H36N4O/c1-5-19-17(21-14-18(4)7-6-10-23-18)20-8-9-22-12-15(2)11-16(3)13-22/h15-16H,5-14H2,1-4H3,(H2,19,20,21). The molecule has 0 spiro atoms. The van der Waals surface area contributed by atoms with Crippen LogP contribution in [0, 0.1) is 11.8 Å². The number of nitrogens with one attached hydrogen (secondary N) is 2. The lowest BCUT2D eigenvalue weighted by atomic mass is 9.92. The van der Waals surface area contributed by atoms with E-state index in [-0.39, 0.29) is 5.60 Å². The van der Waals surface area contributed by atoms with Gasteiger partial charge in [0.25, 0.3) is 0 Å². The summed E-state index contributed by atoms with van der Waals surface area (Å²) in [5.74, 6) is 2.56. The average Bonchev–Trinajstić information content (AvgIpc) is 2.91. The zero-order chi connectivity index (χ0) is 16.7. The Hall–Kier alpha value is -0.810. The third-order valence-electron chi connectivity index (χ3n) is 4.88. The molecule has 0 radical (unpaired) electrons. The molecule has 5 nitrogen and oxygen atoms in total. The van der Waals surface area contributed by atoms with Crippen LogP contribution in [0.5, 0.6) is 0 Å². The fraction of sp³-hybridized carbons (Fsp3) is 0.944. The molecule has 23 heavy (non-hydrogen) atoms. The normalized spacial score (nSPS) is 33.0. The molecule has 0 aromatic carbocycles. The van der Waals surface area contributed by atoms with Crippen LogP contribution in [0.25, 0.3) is 0 Å². The summed E-state index contributed by atoms with van der Waals surface area (Å²) in [7, 11) is 0. The van der Waals surface area contributed by atoms with Gasteiger partial charge in [-0.1, -0.05) is 13.8 Å². The Morgan fingerprint density at radius 3 is 2.61 bits per heavy atom. The number of piperidine rings is 1. The quantitative estimate of drug-likeness (QED) is 0.580. The molecule has 2 saturated heterocycles. The monoisotopic (exact) mass is 324 g/mol. The van der Waals surface area contributed by atoms with Crippen LogP contribution in [0.2, 0.25) is 0 Å². The van der Waals surface area contributed by atoms with Crippen molar-refractivity contribution >= 4 is 5.96 Å². The Kier molecular flexibility index (Phi) is 7.15. The van der Waals surface area contributed by atoms with E-state index in [1.165, 1.54) is 19.5 Å². The number of likely N-dealkylation sites (tertiary alicyclic amines) is 1. The largest absolute Gasteiger partial charge is 0.373 e. The van der Waals surface area contributed by atoms with Crippen LogP contribution in [0.15, 0.2) is 4.99 Å². The van der Waals surface area contributed by atoms with Crippen molar-refractivity contribution in [2.75, 3.05) is 45.9 Å². The van der Waals surface area contributed by atoms with Gasteiger partial charge in [0.15, 0.2) is 5.96 Å². The van der Waals surface area contributed by atoms with Crippen LogP contribution in [-0.2, 0) is 4.74 Å². The minimum atomic E-state index is -0.0694. The fourth-order valence-corrected chi connectivity index (χ4v) is 3.86. The van der Waals surface area contributed by atoms with E-state index in [1.807, 2.05) is 0 Å². The first-order valence-corrected chi connectivity index (χ1v) is 9.39. The Labute approximate surface area is 142 Å². The van der Waals surface area contributed by atoms with E-state index in [2.05, 4.69) is 43.2 Å². The van der Waals surface area contributed by atoms with E-state index in [4.69, 9.17) is 9.73 Å². The van der Waals surface area contributed by atoms with E-state index in [0.29, 0.717) is 0 Å². The van der Waals surface area contributed by atoms with Crippen LogP contribution >= 0.6 is 0 Å². The van der Waals surface area contributed by atoms with Gasteiger partial charge in [-0.2, -0.15) is 0 Å². The topological polar surface area (TPSA) is 48.9 Å². The average molecular weight is 325 g/mol. The molecule has 3 unspecified atom stereocenters. The van der Waals surface area contributed by atoms with Crippen molar-refractivity contribution < 1.29 is 4.74 Å². The molecule has 134 valence electrons. The highest BCUT2D eigenvalue weighted by atomic mass is 16.5. The number of hydrogen-bond donors (Lipinski definition) is 2. The summed E-state index contributed by atoms with van der Waals surface area (Å²) in [5, 5.41) is 6.82. The molecule has 0 saturated carbocycles. The SMILES string of the molecule is CCNC(=NCC1(C)CCCO1)NCCN1CC(C)CC(C)C1. The summed E-state index contributed by atoms with van der Waals surface area (Å²) in [6.07, 6.45) is 3.63. The first-order chi connectivity index (χ1) is 11.0. The minimum absolute atomic E-state index is 0.0694. The predicted octanol–water partition coefficient (Wildman–Crippen LogP) is 2.09. The molecule has 3 atom stereocenters. The maximum Gasteiger partial charge on any atom is 0.191 e. The van der Waals surface area contributed by atoms with E-state index >= 15 is 0 Å². The summed E-state index contributed by atoms with van der Waals surface area (Å²) in [6.45, 7) is 16.0. The van der Waals surface area contributed by atoms with Gasteiger partial charge in [-0.3, -0.25) is 4.99 Å². The highest BCUT2D eigenvalue weighted by Crippen LogP contribution is 2.25. The van der Waals surface area contributed by atoms with Gasteiger partial charge in [-0.25, -0.2) is 0 Å². The number of aliphatic imine (C=N–C) groups is 1. The summed E-state index contributed by atoms with van der Waals surface area (Å²) in [5.41, 5.74) is -0.0694. The molecule has 2 fully saturated rings. The highest BCUT2D eigenvalue weighted by Gasteiger charge is 2.29. The Morgan fingerprint density at radius 2 is 2.00 bits per heavy atom. The second kappa shape index (κ2) is 8.88. The predicted molar refractivity (Wildman–Crippen MR) is 97.0 cm³/mol. The third-order valence-corrected chi connectivity index (χ3v) is 4.88. The van der Waals surface area contributed by atoms with Gasteiger partial charge in [0.2, 0.25) is 0 Å². The highest BCUT2D eigenvalue weighted by molar-refractivity contribution is 5.79. The summed E-state index contributed by atoms with van der Waals surface area (Å²) in [6, 6.07) is 0. The van der Waals surface area contributed by atoms with Gasteiger partial charge in [0.05, 0.1) is 12.1 Å². The van der Waals surface area contributed by atoms with Crippen molar-refractivity contribution in [3.05, 3.63) is 0 Å². The van der Waals surface area contributed by atoms with Crippen LogP contribution in [-0.4, -0.2) is 62.3 Å². The van der Waals surface area contributed by atoms with Crippen LogP contribution < -0.4 is 10.6 Å². The molecular weight excluding hydrogens is 288 g/mol. The Morgan fingerprint density at radius 1 is 1.26 bits per heavy atom. The number of hydrogen-bond acceptors (Lipinski definition) is 3. The number of guanidine groups is 1. The molecule has 0 amide bonds. The smallest absolute Gasteiger partial charge is 0.191 e. The molecule has 0 bridgehead atoms.